The molecule has 3 nitrogen and oxygen atoms in total. The van der Waals surface area contributed by atoms with E-state index >= 15 is 0 Å². The third kappa shape index (κ3) is 4.37. The van der Waals surface area contributed by atoms with E-state index in [0.29, 0.717) is 5.56 Å². The Morgan fingerprint density at radius 1 is 1.42 bits per heavy atom. The van der Waals surface area contributed by atoms with Crippen LogP contribution in [0.5, 0.6) is 5.75 Å². The van der Waals surface area contributed by atoms with Gasteiger partial charge in [0.05, 0.1) is 0 Å². The van der Waals surface area contributed by atoms with Crippen LogP contribution in [0, 0.1) is 5.82 Å². The molecule has 0 amide bonds. The number of aromatic hydroxyl groups is 1. The molecule has 0 aromatic heterocycles. The molecule has 1 unspecified atom stereocenters. The Hall–Kier alpha value is -0.780. The van der Waals surface area contributed by atoms with E-state index in [1.807, 2.05) is 18.7 Å². The van der Waals surface area contributed by atoms with Gasteiger partial charge in [-0.3, -0.25) is 0 Å². The van der Waals surface area contributed by atoms with Gasteiger partial charge in [0.15, 0.2) is 0 Å². The maximum atomic E-state index is 13.2. The molecule has 0 radical (unpaired) electrons. The van der Waals surface area contributed by atoms with Crippen LogP contribution in [-0.4, -0.2) is 47.7 Å². The zero-order valence-corrected chi connectivity index (χ0v) is 12.0. The van der Waals surface area contributed by atoms with Crippen LogP contribution in [-0.2, 0) is 0 Å². The molecule has 19 heavy (non-hydrogen) atoms. The zero-order chi connectivity index (χ0) is 13.7. The topological polar surface area (TPSA) is 35.5 Å². The first kappa shape index (κ1) is 14.6. The highest BCUT2D eigenvalue weighted by atomic mass is 32.2. The van der Waals surface area contributed by atoms with E-state index in [2.05, 4.69) is 10.2 Å². The predicted octanol–water partition coefficient (Wildman–Crippen LogP) is 2.23. The van der Waals surface area contributed by atoms with Crippen molar-refractivity contribution in [2.24, 2.45) is 0 Å². The molecule has 2 N–H and O–H groups in total. The van der Waals surface area contributed by atoms with Crippen LogP contribution < -0.4 is 5.32 Å². The van der Waals surface area contributed by atoms with E-state index in [-0.39, 0.29) is 17.6 Å². The lowest BCUT2D eigenvalue weighted by atomic mass is 10.1. The van der Waals surface area contributed by atoms with Gasteiger partial charge in [-0.05, 0) is 25.1 Å². The fraction of sp³-hybridized carbons (Fsp3) is 0.571. The molecule has 106 valence electrons. The normalized spacial score (nSPS) is 18.4. The highest BCUT2D eigenvalue weighted by Gasteiger charge is 2.13. The third-order valence-corrected chi connectivity index (χ3v) is 4.38. The van der Waals surface area contributed by atoms with Crippen molar-refractivity contribution in [1.82, 2.24) is 10.2 Å². The first-order valence-electron chi connectivity index (χ1n) is 6.68. The summed E-state index contributed by atoms with van der Waals surface area (Å²) in [5.41, 5.74) is 0.620. The molecule has 1 heterocycles. The highest BCUT2D eigenvalue weighted by molar-refractivity contribution is 7.99. The number of phenolic OH excluding ortho intramolecular Hbond substituents is 1. The molecule has 0 aliphatic carbocycles. The summed E-state index contributed by atoms with van der Waals surface area (Å²) < 4.78 is 13.2. The minimum absolute atomic E-state index is 0.0464. The van der Waals surface area contributed by atoms with Crippen molar-refractivity contribution in [3.63, 3.8) is 0 Å². The Morgan fingerprint density at radius 3 is 2.89 bits per heavy atom. The second-order valence-electron chi connectivity index (χ2n) is 4.83. The number of hydrogen-bond donors (Lipinski definition) is 2. The fourth-order valence-corrected chi connectivity index (χ4v) is 3.22. The maximum Gasteiger partial charge on any atom is 0.123 e. The Kier molecular flexibility index (Phi) is 5.48. The first-order valence-corrected chi connectivity index (χ1v) is 7.84. The molecule has 0 spiro atoms. The number of thioether (sulfide) groups is 1. The van der Waals surface area contributed by atoms with Crippen molar-refractivity contribution in [1.29, 1.82) is 0 Å². The van der Waals surface area contributed by atoms with Gasteiger partial charge < -0.3 is 15.3 Å². The van der Waals surface area contributed by atoms with Gasteiger partial charge in [0.2, 0.25) is 0 Å². The van der Waals surface area contributed by atoms with Crippen LogP contribution in [0.15, 0.2) is 18.2 Å². The second-order valence-corrected chi connectivity index (χ2v) is 6.06. The van der Waals surface area contributed by atoms with E-state index in [0.717, 1.165) is 26.2 Å². The first-order chi connectivity index (χ1) is 9.16. The smallest absolute Gasteiger partial charge is 0.123 e. The standard InChI is InChI=1S/C14H21FN2OS/c1-11(13-10-12(15)2-3-14(13)18)16-4-5-17-6-8-19-9-7-17/h2-3,10-11,16,18H,4-9H2,1H3. The molecule has 1 aromatic rings. The lowest BCUT2D eigenvalue weighted by Gasteiger charge is -2.27. The molecule has 2 rings (SSSR count). The monoisotopic (exact) mass is 284 g/mol. The van der Waals surface area contributed by atoms with Crippen LogP contribution in [0.1, 0.15) is 18.5 Å². The number of phenols is 1. The van der Waals surface area contributed by atoms with E-state index < -0.39 is 0 Å². The van der Waals surface area contributed by atoms with Gasteiger partial charge in [0.1, 0.15) is 11.6 Å². The molecule has 1 aliphatic heterocycles. The van der Waals surface area contributed by atoms with Crippen molar-refractivity contribution in [3.05, 3.63) is 29.6 Å². The van der Waals surface area contributed by atoms with Gasteiger partial charge in [-0.25, -0.2) is 4.39 Å². The van der Waals surface area contributed by atoms with Crippen molar-refractivity contribution in [2.45, 2.75) is 13.0 Å². The third-order valence-electron chi connectivity index (χ3n) is 3.44. The van der Waals surface area contributed by atoms with Crippen LogP contribution in [0.2, 0.25) is 0 Å². The summed E-state index contributed by atoms with van der Waals surface area (Å²) in [7, 11) is 0. The van der Waals surface area contributed by atoms with Crippen molar-refractivity contribution in [3.8, 4) is 5.75 Å². The summed E-state index contributed by atoms with van der Waals surface area (Å²) in [5.74, 6) is 2.26. The molecular weight excluding hydrogens is 263 g/mol. The summed E-state index contributed by atoms with van der Waals surface area (Å²) in [6.07, 6.45) is 0. The summed E-state index contributed by atoms with van der Waals surface area (Å²) in [5, 5.41) is 13.1. The van der Waals surface area contributed by atoms with E-state index in [4.69, 9.17) is 0 Å². The molecular formula is C14H21FN2OS. The SMILES string of the molecule is CC(NCCN1CCSCC1)c1cc(F)ccc1O. The summed E-state index contributed by atoms with van der Waals surface area (Å²) in [6, 6.07) is 4.03. The maximum absolute atomic E-state index is 13.2. The van der Waals surface area contributed by atoms with Gasteiger partial charge in [-0.15, -0.1) is 0 Å². The van der Waals surface area contributed by atoms with Gasteiger partial charge in [-0.1, -0.05) is 0 Å². The molecule has 1 aliphatic rings. The molecule has 1 aromatic carbocycles. The van der Waals surface area contributed by atoms with Crippen molar-refractivity contribution < 1.29 is 9.50 Å². The lowest BCUT2D eigenvalue weighted by Crippen LogP contribution is -2.38. The number of halogens is 1. The van der Waals surface area contributed by atoms with Crippen molar-refractivity contribution in [2.75, 3.05) is 37.7 Å². The second kappa shape index (κ2) is 7.12. The number of rotatable bonds is 5. The van der Waals surface area contributed by atoms with E-state index in [9.17, 15) is 9.50 Å². The minimum atomic E-state index is -0.311. The number of benzene rings is 1. The average Bonchev–Trinajstić information content (AvgIpc) is 2.42. The Labute approximate surface area is 118 Å². The summed E-state index contributed by atoms with van der Waals surface area (Å²) >= 11 is 2.00. The average molecular weight is 284 g/mol. The quantitative estimate of drug-likeness (QED) is 0.869. The predicted molar refractivity (Wildman–Crippen MR) is 78.2 cm³/mol. The van der Waals surface area contributed by atoms with Gasteiger partial charge in [0.25, 0.3) is 0 Å². The van der Waals surface area contributed by atoms with Crippen LogP contribution in [0.4, 0.5) is 4.39 Å². The molecule has 0 saturated carbocycles. The summed E-state index contributed by atoms with van der Waals surface area (Å²) in [4.78, 5) is 2.43. The van der Waals surface area contributed by atoms with E-state index in [1.54, 1.807) is 0 Å². The summed E-state index contributed by atoms with van der Waals surface area (Å²) in [6.45, 7) is 6.08. The number of nitrogens with zero attached hydrogens (tertiary/aromatic N) is 1. The van der Waals surface area contributed by atoms with E-state index in [1.165, 1.54) is 29.7 Å². The van der Waals surface area contributed by atoms with Crippen molar-refractivity contribution >= 4 is 11.8 Å². The van der Waals surface area contributed by atoms with Gasteiger partial charge in [-0.2, -0.15) is 11.8 Å². The fourth-order valence-electron chi connectivity index (χ4n) is 2.25. The number of hydrogen-bond acceptors (Lipinski definition) is 4. The molecule has 0 bridgehead atoms. The van der Waals surface area contributed by atoms with Gasteiger partial charge >= 0.3 is 0 Å². The highest BCUT2D eigenvalue weighted by Crippen LogP contribution is 2.24. The minimum Gasteiger partial charge on any atom is -0.508 e. The zero-order valence-electron chi connectivity index (χ0n) is 11.2. The lowest BCUT2D eigenvalue weighted by molar-refractivity contribution is 0.296. The Balaban J connectivity index is 1.80. The van der Waals surface area contributed by atoms with Gasteiger partial charge in [0, 0.05) is 49.3 Å². The van der Waals surface area contributed by atoms with Crippen LogP contribution in [0.25, 0.3) is 0 Å². The number of nitrogens with one attached hydrogen (secondary N) is 1. The Morgan fingerprint density at radius 2 is 2.16 bits per heavy atom. The molecule has 1 saturated heterocycles. The van der Waals surface area contributed by atoms with Crippen LogP contribution in [0.3, 0.4) is 0 Å². The Bertz CT molecular complexity index is 410. The molecule has 1 atom stereocenters. The molecule has 5 heteroatoms. The molecule has 1 fully saturated rings. The van der Waals surface area contributed by atoms with Crippen LogP contribution >= 0.6 is 11.8 Å². The largest absolute Gasteiger partial charge is 0.508 e.